The molecule has 0 radical (unpaired) electrons. The van der Waals surface area contributed by atoms with Crippen LogP contribution in [-0.4, -0.2) is 0 Å². The molecule has 0 heterocycles. The van der Waals surface area contributed by atoms with Crippen LogP contribution < -0.4 is 24.8 Å². The minimum Gasteiger partial charge on any atom is -1.00 e. The van der Waals surface area contributed by atoms with Crippen LogP contribution in [0.2, 0.25) is 0 Å². The van der Waals surface area contributed by atoms with Gasteiger partial charge in [0.05, 0.1) is 0 Å². The molecule has 0 N–H and O–H groups in total. The number of halogens is 2. The van der Waals surface area contributed by atoms with Crippen LogP contribution in [0.25, 0.3) is 11.1 Å². The van der Waals surface area contributed by atoms with Crippen LogP contribution in [0.5, 0.6) is 0 Å². The van der Waals surface area contributed by atoms with Crippen molar-refractivity contribution in [3.05, 3.63) is 99.7 Å². The standard InChI is InChI=1S/2C17H21.2ClH.Hf/c2*1-12-6-11-16(13(12)2)14-7-9-15(10-8-14)17(3,4)5;;;/h2*7-10H,6H2,1-5H3;2*1H;/q;;;;+2/p-2. The first-order valence-corrected chi connectivity index (χ1v) is 16.6. The van der Waals surface area contributed by atoms with E-state index in [2.05, 4.69) is 118 Å². The first-order chi connectivity index (χ1) is 16.3. The van der Waals surface area contributed by atoms with Crippen molar-refractivity contribution in [1.82, 2.24) is 0 Å². The molecule has 3 heteroatoms. The zero-order chi connectivity index (χ0) is 25.7. The smallest absolute Gasteiger partial charge is 1.00 e. The summed E-state index contributed by atoms with van der Waals surface area (Å²) in [6.07, 6.45) is 2.37. The summed E-state index contributed by atoms with van der Waals surface area (Å²) in [7, 11) is 0. The van der Waals surface area contributed by atoms with E-state index in [0.717, 1.165) is 0 Å². The van der Waals surface area contributed by atoms with E-state index in [1.807, 2.05) is 0 Å². The van der Waals surface area contributed by atoms with E-state index in [1.165, 1.54) is 46.2 Å². The summed E-state index contributed by atoms with van der Waals surface area (Å²) in [5.74, 6) is 0. The second-order valence-corrected chi connectivity index (χ2v) is 17.9. The normalized spacial score (nSPS) is 16.3. The molecule has 4 rings (SSSR count). The molecule has 0 spiro atoms. The van der Waals surface area contributed by atoms with Crippen molar-refractivity contribution >= 4 is 11.1 Å². The Balaban J connectivity index is 0.00000241. The number of allylic oxidation sites excluding steroid dienone is 8. The minimum absolute atomic E-state index is 0. The van der Waals surface area contributed by atoms with Gasteiger partial charge in [-0.15, -0.1) is 0 Å². The van der Waals surface area contributed by atoms with Crippen molar-refractivity contribution in [2.75, 3.05) is 0 Å². The van der Waals surface area contributed by atoms with E-state index < -0.39 is 22.9 Å². The van der Waals surface area contributed by atoms with Gasteiger partial charge in [0.15, 0.2) is 0 Å². The van der Waals surface area contributed by atoms with E-state index in [9.17, 15) is 0 Å². The molecule has 2 aliphatic carbocycles. The predicted octanol–water partition coefficient (Wildman–Crippen LogP) is 3.97. The summed E-state index contributed by atoms with van der Waals surface area (Å²) in [5.41, 5.74) is 15.4. The molecule has 0 nitrogen and oxygen atoms in total. The van der Waals surface area contributed by atoms with Gasteiger partial charge < -0.3 is 24.8 Å². The molecule has 0 atom stereocenters. The topological polar surface area (TPSA) is 0 Å². The molecule has 0 saturated heterocycles. The number of hydrogen-bond donors (Lipinski definition) is 0. The molecule has 0 amide bonds. The molecule has 0 aliphatic heterocycles. The number of hydrogen-bond acceptors (Lipinski definition) is 0. The fourth-order valence-electron chi connectivity index (χ4n) is 5.30. The Labute approximate surface area is 250 Å². The van der Waals surface area contributed by atoms with E-state index in [4.69, 9.17) is 0 Å². The third-order valence-electron chi connectivity index (χ3n) is 7.90. The average molecular weight is 700 g/mol. The summed E-state index contributed by atoms with van der Waals surface area (Å²) in [4.78, 5) is 0. The summed E-state index contributed by atoms with van der Waals surface area (Å²) >= 11 is -1.19. The Hall–Kier alpha value is -1.15. The van der Waals surface area contributed by atoms with Crippen LogP contribution in [0.15, 0.2) is 77.5 Å². The van der Waals surface area contributed by atoms with Crippen LogP contribution in [0.4, 0.5) is 0 Å². The SMILES string of the molecule is CC1=C(C)C(c2ccc(C(C)(C)C)cc2)=[C]([Hf+2][C]2=C(c3ccc(C(C)(C)C)cc3)C(C)=C(C)C2)C1.[Cl-].[Cl-]. The van der Waals surface area contributed by atoms with Gasteiger partial charge in [-0.25, -0.2) is 0 Å². The minimum atomic E-state index is -1.19. The van der Waals surface area contributed by atoms with E-state index in [0.29, 0.717) is 0 Å². The summed E-state index contributed by atoms with van der Waals surface area (Å²) in [6.45, 7) is 23.2. The Bertz CT molecular complexity index is 1170. The van der Waals surface area contributed by atoms with E-state index in [-0.39, 0.29) is 35.6 Å². The molecule has 0 aromatic heterocycles. The maximum atomic E-state index is 2.38. The third kappa shape index (κ3) is 6.71. The second-order valence-electron chi connectivity index (χ2n) is 12.7. The summed E-state index contributed by atoms with van der Waals surface area (Å²) < 4.78 is 3.56. The first-order valence-electron chi connectivity index (χ1n) is 13.1. The molecule has 2 aromatic carbocycles. The molecule has 0 unspecified atom stereocenters. The Kier molecular flexibility index (Phi) is 10.3. The van der Waals surface area contributed by atoms with Crippen molar-refractivity contribution in [2.24, 2.45) is 0 Å². The summed E-state index contributed by atoms with van der Waals surface area (Å²) in [5, 5.41) is 0. The quantitative estimate of drug-likeness (QED) is 0.424. The molecule has 2 aliphatic rings. The molecule has 196 valence electrons. The second kappa shape index (κ2) is 11.9. The Morgan fingerprint density at radius 3 is 1.08 bits per heavy atom. The fourth-order valence-corrected chi connectivity index (χ4v) is 12.4. The van der Waals surface area contributed by atoms with Gasteiger partial charge >= 0.3 is 227 Å². The van der Waals surface area contributed by atoms with Crippen LogP contribution in [0.3, 0.4) is 0 Å². The van der Waals surface area contributed by atoms with Gasteiger partial charge in [0.2, 0.25) is 0 Å². The maximum Gasteiger partial charge on any atom is -1.00 e. The van der Waals surface area contributed by atoms with Crippen molar-refractivity contribution in [3.63, 3.8) is 0 Å². The zero-order valence-corrected chi connectivity index (χ0v) is 29.4. The Morgan fingerprint density at radius 2 is 0.811 bits per heavy atom. The number of rotatable bonds is 4. The van der Waals surface area contributed by atoms with Crippen LogP contribution in [0.1, 0.15) is 104 Å². The molecular weight excluding hydrogens is 658 g/mol. The predicted molar refractivity (Wildman–Crippen MR) is 150 cm³/mol. The summed E-state index contributed by atoms with van der Waals surface area (Å²) in [6, 6.07) is 18.9. The van der Waals surface area contributed by atoms with Crippen molar-refractivity contribution in [1.29, 1.82) is 0 Å². The Morgan fingerprint density at radius 1 is 0.514 bits per heavy atom. The largest absolute Gasteiger partial charge is 1.00 e. The molecule has 0 bridgehead atoms. The first kappa shape index (κ1) is 32.1. The zero-order valence-electron chi connectivity index (χ0n) is 24.3. The van der Waals surface area contributed by atoms with Crippen molar-refractivity contribution in [3.8, 4) is 0 Å². The molecule has 0 saturated carbocycles. The monoisotopic (exact) mass is 700 g/mol. The van der Waals surface area contributed by atoms with Crippen LogP contribution >= 0.6 is 0 Å². The van der Waals surface area contributed by atoms with Crippen molar-refractivity contribution in [2.45, 2.75) is 92.9 Å². The molecule has 37 heavy (non-hydrogen) atoms. The average Bonchev–Trinajstić information content (AvgIpc) is 3.21. The van der Waals surface area contributed by atoms with Crippen molar-refractivity contribution < 1.29 is 47.7 Å². The van der Waals surface area contributed by atoms with Gasteiger partial charge in [-0.2, -0.15) is 0 Å². The van der Waals surface area contributed by atoms with Gasteiger partial charge in [0, 0.05) is 0 Å². The van der Waals surface area contributed by atoms with Gasteiger partial charge in [0.25, 0.3) is 0 Å². The van der Waals surface area contributed by atoms with Crippen LogP contribution in [0, 0.1) is 0 Å². The third-order valence-corrected chi connectivity index (χ3v) is 13.1. The molecule has 0 fully saturated rings. The van der Waals surface area contributed by atoms with E-state index in [1.54, 1.807) is 29.0 Å². The van der Waals surface area contributed by atoms with E-state index >= 15 is 0 Å². The number of benzene rings is 2. The molecule has 2 aromatic rings. The van der Waals surface area contributed by atoms with Crippen LogP contribution in [-0.2, 0) is 33.7 Å². The van der Waals surface area contributed by atoms with Gasteiger partial charge in [-0.1, -0.05) is 0 Å². The maximum absolute atomic E-state index is 2.38. The van der Waals surface area contributed by atoms with Gasteiger partial charge in [-0.05, 0) is 0 Å². The van der Waals surface area contributed by atoms with Gasteiger partial charge in [-0.3, -0.25) is 0 Å². The fraction of sp³-hybridized carbons (Fsp3) is 0.412. The molecular formula is C34H42Cl2Hf. The van der Waals surface area contributed by atoms with Gasteiger partial charge in [0.1, 0.15) is 0 Å².